The van der Waals surface area contributed by atoms with E-state index in [1.54, 1.807) is 67.8 Å². The zero-order valence-electron chi connectivity index (χ0n) is 73.1. The number of nitrogens with one attached hydrogen (secondary N) is 14. The molecule has 3 fully saturated rings. The van der Waals surface area contributed by atoms with Crippen LogP contribution in [0, 0.1) is 5.41 Å². The largest absolute Gasteiger partial charge is 0.508 e. The number of fused-ring (bicyclic) bond motifs is 4. The van der Waals surface area contributed by atoms with Crippen LogP contribution in [0.5, 0.6) is 5.75 Å². The molecule has 5 aromatic rings. The van der Waals surface area contributed by atoms with E-state index in [2.05, 4.69) is 68.5 Å². The van der Waals surface area contributed by atoms with E-state index >= 15 is 24.0 Å². The fraction of sp³-hybridized carbons (Fsp3) is 0.529. The van der Waals surface area contributed by atoms with Crippen molar-refractivity contribution in [1.29, 1.82) is 5.41 Å². The molecular formula is C85H121N23O20S. The van der Waals surface area contributed by atoms with Gasteiger partial charge in [-0.15, -0.1) is 11.8 Å². The van der Waals surface area contributed by atoms with Crippen molar-refractivity contribution in [2.24, 2.45) is 22.9 Å². The van der Waals surface area contributed by atoms with E-state index in [9.17, 15) is 72.9 Å². The molecule has 5 heterocycles. The molecule has 0 saturated carbocycles. The summed E-state index contributed by atoms with van der Waals surface area (Å²) in [6.07, 6.45) is 2.07. The fourth-order valence-corrected chi connectivity index (χ4v) is 16.5. The summed E-state index contributed by atoms with van der Waals surface area (Å²) in [5.74, 6) is -17.6. The lowest BCUT2D eigenvalue weighted by atomic mass is 10.0. The number of aliphatic hydroxyl groups is 2. The molecule has 2 aromatic heterocycles. The van der Waals surface area contributed by atoms with Gasteiger partial charge in [-0.1, -0.05) is 68.3 Å². The van der Waals surface area contributed by atoms with Gasteiger partial charge in [0.05, 0.1) is 25.3 Å². The first-order valence-electron chi connectivity index (χ1n) is 42.9. The number of aromatic hydroxyl groups is 1. The maximum absolute atomic E-state index is 15.3. The predicted octanol–water partition coefficient (Wildman–Crippen LogP) is -4.96. The predicted molar refractivity (Wildman–Crippen MR) is 473 cm³/mol. The van der Waals surface area contributed by atoms with E-state index in [-0.39, 0.29) is 115 Å². The number of phenols is 1. The van der Waals surface area contributed by atoms with Crippen LogP contribution in [-0.2, 0) is 101 Å². The summed E-state index contributed by atoms with van der Waals surface area (Å²) in [6, 6.07) is -1.79. The second kappa shape index (κ2) is 48.8. The number of primary amides is 2. The van der Waals surface area contributed by atoms with Gasteiger partial charge in [0.25, 0.3) is 0 Å². The third-order valence-corrected chi connectivity index (χ3v) is 24.1. The van der Waals surface area contributed by atoms with Gasteiger partial charge in [-0.3, -0.25) is 86.9 Å². The van der Waals surface area contributed by atoms with Crippen LogP contribution >= 0.6 is 11.8 Å². The maximum Gasteiger partial charge on any atom is 0.246 e. The number of thioether (sulfide) groups is 1. The Morgan fingerprint density at radius 3 is 1.57 bits per heavy atom. The fourth-order valence-electron chi connectivity index (χ4n) is 15.6. The number of para-hydroxylation sites is 2. The normalized spacial score (nSPS) is 24.7. The van der Waals surface area contributed by atoms with Crippen LogP contribution in [0.25, 0.3) is 21.8 Å². The van der Waals surface area contributed by atoms with Gasteiger partial charge in [0.2, 0.25) is 100 Å². The number of phenolic OH excluding ortho intramolecular Hbond substituents is 1. The average Bonchev–Trinajstić information content (AvgIpc) is 1.77. The van der Waals surface area contributed by atoms with E-state index < -0.39 is 235 Å². The molecule has 3 aliphatic rings. The topological polar surface area (TPSA) is 659 Å². The van der Waals surface area contributed by atoms with Crippen molar-refractivity contribution >= 4 is 140 Å². The summed E-state index contributed by atoms with van der Waals surface area (Å²) >= 11 is 0.756. The molecule has 0 spiro atoms. The highest BCUT2D eigenvalue weighted by Crippen LogP contribution is 2.27. The third kappa shape index (κ3) is 28.3. The number of aromatic nitrogens is 2. The number of rotatable bonds is 24. The minimum Gasteiger partial charge on any atom is -0.508 e. The summed E-state index contributed by atoms with van der Waals surface area (Å²) in [7, 11) is 3.81. The molecule has 3 aromatic carbocycles. The molecule has 0 radical (unpaired) electrons. The number of unbranched alkanes of at least 4 members (excludes halogenated alkanes) is 1. The Labute approximate surface area is 748 Å². The number of H-pyrrole nitrogens is 2. The minimum atomic E-state index is -1.84. The monoisotopic (exact) mass is 1820 g/mol. The molecule has 14 atom stereocenters. The number of guanidine groups is 1. The number of nitrogens with two attached hydrogens (primary N) is 4. The summed E-state index contributed by atoms with van der Waals surface area (Å²) in [6.45, 7) is 1.71. The third-order valence-electron chi connectivity index (χ3n) is 23.1. The van der Waals surface area contributed by atoms with Crippen LogP contribution in [0.2, 0.25) is 0 Å². The molecular weight excluding hydrogens is 1700 g/mol. The summed E-state index contributed by atoms with van der Waals surface area (Å²) < 4.78 is 0. The lowest BCUT2D eigenvalue weighted by Crippen LogP contribution is -2.61. The van der Waals surface area contributed by atoms with Gasteiger partial charge in [0, 0.05) is 107 Å². The first kappa shape index (κ1) is 101. The SMILES string of the molecule is CCCC[C@H]1C(=O)N[C@@H](CC(N)=O)C(=O)N2CCC[C@H]2C(=O)N[C@@H](CO)C(=O)N[C@@H](CCO)C(=O)N2CCC[C@H]2C(=O)N[C@@H](Cc2c[nH]c3ccccc23)C(=O)N[C@@H](CCCN)C(=O)N[C@@H](Cc2c[nH]c3ccccc23)C(=O)N(C)[C@@H](C)C(=O)N(C)[C@@H](C)C(=O)N[C@@H](CCCNC(=N)N)C(=O)NC(C(=O)NCC(N)=O)CSCC(=O)N[C@@H](Cc2ccc(O)cc2)C(=O)N1C. The van der Waals surface area contributed by atoms with Crippen LogP contribution < -0.4 is 81.4 Å². The number of likely N-dealkylation sites (N-methyl/N-ethyl adjacent to an activating group) is 3. The van der Waals surface area contributed by atoms with Gasteiger partial charge in [-0.25, -0.2) is 0 Å². The van der Waals surface area contributed by atoms with Gasteiger partial charge in [-0.05, 0) is 126 Å². The average molecular weight is 1820 g/mol. The molecule has 44 heteroatoms. The van der Waals surface area contributed by atoms with E-state index in [4.69, 9.17) is 28.3 Å². The molecule has 0 aliphatic carbocycles. The number of carbonyl (C=O) groups is 17. The summed E-state index contributed by atoms with van der Waals surface area (Å²) in [4.78, 5) is 258. The second-order valence-corrected chi connectivity index (χ2v) is 33.4. The molecule has 129 heavy (non-hydrogen) atoms. The highest BCUT2D eigenvalue weighted by molar-refractivity contribution is 8.00. The number of hydrogen-bond donors (Lipinski definition) is 21. The Bertz CT molecular complexity index is 4860. The Hall–Kier alpha value is -13.0. The van der Waals surface area contributed by atoms with E-state index in [0.717, 1.165) is 36.3 Å². The Balaban J connectivity index is 1.16. The summed E-state index contributed by atoms with van der Waals surface area (Å²) in [5, 5.41) is 69.1. The number of hydrogen-bond acceptors (Lipinski definition) is 23. The first-order valence-corrected chi connectivity index (χ1v) is 44.1. The highest BCUT2D eigenvalue weighted by Gasteiger charge is 2.45. The molecule has 0 bridgehead atoms. The summed E-state index contributed by atoms with van der Waals surface area (Å²) in [5.41, 5.74) is 25.5. The standard InChI is InChI=1S/C85H121N23O20S/c1-7-8-23-65-77(121)101-62(39-68(87)112)84(128)108-34-16-25-67(108)79(123)102-63(43-110)76(120)98-58(30-35-109)83(127)107-33-15-24-66(107)78(122)99-59(37-49-40-92-54-19-11-9-17-52(49)54)75(119)97-56(21-13-31-86)73(117)100-61(38-50-41-93-55-20-12-10-18-53(50)55)81(125)105(5)47(3)80(124)104(4)46(2)71(115)96-57(22-14-32-91-85(89)90)74(118)103-64(72(116)94-42-69(88)113)44-129-45-70(114)95-60(82(126)106(65)6)36-48-26-28-51(111)29-27-48/h9-12,17-20,26-29,40-41,46-47,56-67,92-93,109-111H,7-8,13-16,21-25,30-39,42-45,86H2,1-6H3,(H2,87,112)(H2,88,113)(H,94,116)(H,95,114)(H,96,115)(H,97,119)(H,98,120)(H,99,122)(H,100,117)(H,101,121)(H,102,123)(H,103,118)(H4,89,90,91)/t46-,47-,56-,57-,58-,59-,60-,61-,62-,63-,64?,65-,66-,67-/m0/s1. The molecule has 1 unspecified atom stereocenters. The van der Waals surface area contributed by atoms with E-state index in [1.807, 2.05) is 0 Å². The minimum absolute atomic E-state index is 0.00704. The Kier molecular flexibility index (Phi) is 38.4. The van der Waals surface area contributed by atoms with Crippen molar-refractivity contribution < 1.29 is 96.8 Å². The number of carbonyl (C=O) groups excluding carboxylic acids is 17. The number of amides is 17. The lowest BCUT2D eigenvalue weighted by Gasteiger charge is -2.34. The number of nitrogens with zero attached hydrogens (tertiary/aromatic N) is 5. The van der Waals surface area contributed by atoms with Gasteiger partial charge in [0.15, 0.2) is 5.96 Å². The van der Waals surface area contributed by atoms with Crippen molar-refractivity contribution in [2.75, 3.05) is 78.6 Å². The zero-order chi connectivity index (χ0) is 94.5. The van der Waals surface area contributed by atoms with E-state index in [0.29, 0.717) is 44.9 Å². The molecule has 25 N–H and O–H groups in total. The van der Waals surface area contributed by atoms with Crippen molar-refractivity contribution in [3.05, 3.63) is 102 Å². The van der Waals surface area contributed by atoms with Gasteiger partial charge < -0.3 is 131 Å². The molecule has 17 amide bonds. The van der Waals surface area contributed by atoms with E-state index in [1.165, 1.54) is 59.3 Å². The lowest BCUT2D eigenvalue weighted by molar-refractivity contribution is -0.148. The van der Waals surface area contributed by atoms with Crippen molar-refractivity contribution in [3.8, 4) is 5.75 Å². The van der Waals surface area contributed by atoms with Crippen molar-refractivity contribution in [3.63, 3.8) is 0 Å². The van der Waals surface area contributed by atoms with Crippen LogP contribution in [0.4, 0.5) is 0 Å². The van der Waals surface area contributed by atoms with Crippen LogP contribution in [0.15, 0.2) is 85.2 Å². The Morgan fingerprint density at radius 2 is 1.00 bits per heavy atom. The zero-order valence-corrected chi connectivity index (χ0v) is 73.9. The molecule has 43 nitrogen and oxygen atoms in total. The number of aliphatic hydroxyl groups excluding tert-OH is 2. The molecule has 3 aliphatic heterocycles. The second-order valence-electron chi connectivity index (χ2n) is 32.3. The van der Waals surface area contributed by atoms with Crippen LogP contribution in [0.3, 0.4) is 0 Å². The highest BCUT2D eigenvalue weighted by atomic mass is 32.2. The van der Waals surface area contributed by atoms with Gasteiger partial charge >= 0.3 is 0 Å². The van der Waals surface area contributed by atoms with Crippen molar-refractivity contribution in [2.45, 2.75) is 208 Å². The number of benzene rings is 3. The van der Waals surface area contributed by atoms with Crippen molar-refractivity contribution in [1.82, 2.24) is 93.0 Å². The maximum atomic E-state index is 15.3. The quantitative estimate of drug-likeness (QED) is 0.0156. The van der Waals surface area contributed by atoms with Crippen LogP contribution in [0.1, 0.15) is 121 Å². The number of aromatic amines is 2. The van der Waals surface area contributed by atoms with Crippen LogP contribution in [-0.4, -0.2) is 319 Å². The smallest absolute Gasteiger partial charge is 0.246 e. The molecule has 3 saturated heterocycles. The Morgan fingerprint density at radius 1 is 0.504 bits per heavy atom. The molecule has 702 valence electrons. The van der Waals surface area contributed by atoms with Gasteiger partial charge in [0.1, 0.15) is 90.3 Å². The molecule has 8 rings (SSSR count). The first-order chi connectivity index (χ1) is 61.5. The van der Waals surface area contributed by atoms with Gasteiger partial charge in [-0.2, -0.15) is 0 Å².